The third kappa shape index (κ3) is 3.75. The van der Waals surface area contributed by atoms with Crippen molar-refractivity contribution >= 4 is 28.9 Å². The Morgan fingerprint density at radius 3 is 2.36 bits per heavy atom. The van der Waals surface area contributed by atoms with E-state index >= 15 is 0 Å². The molecule has 1 amide bonds. The van der Waals surface area contributed by atoms with Gasteiger partial charge in [0.1, 0.15) is 11.5 Å². The molecule has 0 spiro atoms. The second-order valence-electron chi connectivity index (χ2n) is 4.29. The van der Waals surface area contributed by atoms with Crippen LogP contribution in [0.1, 0.15) is 5.56 Å². The van der Waals surface area contributed by atoms with Crippen molar-refractivity contribution in [1.82, 2.24) is 0 Å². The number of aliphatic imine (C=N–C) groups is 1. The van der Waals surface area contributed by atoms with E-state index in [4.69, 9.17) is 27.3 Å². The lowest BCUT2D eigenvalue weighted by Crippen LogP contribution is -2.24. The number of halogens is 1. The summed E-state index contributed by atoms with van der Waals surface area (Å²) >= 11 is 5.82. The van der Waals surface area contributed by atoms with Gasteiger partial charge in [0.25, 0.3) is 5.91 Å². The van der Waals surface area contributed by atoms with Crippen LogP contribution in [0.15, 0.2) is 47.5 Å². The van der Waals surface area contributed by atoms with Gasteiger partial charge in [0.15, 0.2) is 5.75 Å². The van der Waals surface area contributed by atoms with Crippen LogP contribution >= 0.6 is 11.6 Å². The predicted octanol–water partition coefficient (Wildman–Crippen LogP) is 2.81. The Kier molecular flexibility index (Phi) is 4.98. The number of nitrogens with zero attached hydrogens (tertiary/aromatic N) is 1. The second kappa shape index (κ2) is 6.93. The fraction of sp³-hybridized carbons (Fsp3) is 0.0667. The molecule has 114 valence electrons. The van der Waals surface area contributed by atoms with Gasteiger partial charge >= 0.3 is 0 Å². The van der Waals surface area contributed by atoms with Crippen molar-refractivity contribution in [2.24, 2.45) is 10.7 Å². The Bertz CT molecular complexity index is 692. The zero-order valence-corrected chi connectivity index (χ0v) is 12.4. The monoisotopic (exact) mass is 320 g/mol. The van der Waals surface area contributed by atoms with Crippen LogP contribution in [0.5, 0.6) is 11.5 Å². The zero-order valence-electron chi connectivity index (χ0n) is 11.6. The molecule has 0 unspecified atom stereocenters. The number of ether oxygens (including phenoxy) is 1. The molecule has 0 bridgehead atoms. The second-order valence-corrected chi connectivity index (χ2v) is 4.73. The summed E-state index contributed by atoms with van der Waals surface area (Å²) in [5.74, 6) is -0.167. The lowest BCUT2D eigenvalue weighted by Gasteiger charge is -2.06. The number of hydrogen-bond donors (Lipinski definition) is 2. The van der Waals surface area contributed by atoms with Gasteiger partial charge in [0.05, 0.1) is 12.8 Å². The summed E-state index contributed by atoms with van der Waals surface area (Å²) in [6.07, 6.45) is 0. The number of hydrogen-bond acceptors (Lipinski definition) is 5. The van der Waals surface area contributed by atoms with Crippen LogP contribution in [-0.4, -0.2) is 24.0 Å². The first-order valence-corrected chi connectivity index (χ1v) is 6.56. The molecule has 0 aliphatic carbocycles. The highest BCUT2D eigenvalue weighted by Gasteiger charge is 2.12. The molecule has 0 aliphatic rings. The molecule has 0 radical (unpaired) electrons. The van der Waals surface area contributed by atoms with Gasteiger partial charge < -0.3 is 15.4 Å². The molecule has 2 aromatic carbocycles. The third-order valence-corrected chi connectivity index (χ3v) is 3.05. The maximum absolute atomic E-state index is 11.6. The Balaban J connectivity index is 2.50. The van der Waals surface area contributed by atoms with Gasteiger partial charge in [0, 0.05) is 28.8 Å². The highest BCUT2D eigenvalue weighted by atomic mass is 35.5. The average molecular weight is 321 g/mol. The van der Waals surface area contributed by atoms with Crippen LogP contribution in [0, 0.1) is 0 Å². The number of nitrogens with two attached hydrogens (primary N) is 1. The summed E-state index contributed by atoms with van der Waals surface area (Å²) in [6.45, 7) is 0. The lowest BCUT2D eigenvalue weighted by atomic mass is 10.1. The first kappa shape index (κ1) is 15.8. The number of amides is 1. The number of methoxy groups -OCH3 is 1. The van der Waals surface area contributed by atoms with E-state index in [9.17, 15) is 4.79 Å². The van der Waals surface area contributed by atoms with E-state index < -0.39 is 5.91 Å². The largest absolute Gasteiger partial charge is 0.497 e. The quantitative estimate of drug-likeness (QED) is 0.503. The van der Waals surface area contributed by atoms with Gasteiger partial charge in [-0.1, -0.05) is 23.7 Å². The molecule has 22 heavy (non-hydrogen) atoms. The van der Waals surface area contributed by atoms with Gasteiger partial charge in [-0.25, -0.2) is 10.2 Å². The summed E-state index contributed by atoms with van der Waals surface area (Å²) in [5.41, 5.74) is 6.29. The van der Waals surface area contributed by atoms with Gasteiger partial charge in [-0.2, -0.15) is 0 Å². The molecule has 0 saturated carbocycles. The number of carbonyl (C=O) groups excluding carboxylic acids is 1. The molecule has 0 saturated heterocycles. The highest BCUT2D eigenvalue weighted by Crippen LogP contribution is 2.28. The highest BCUT2D eigenvalue weighted by molar-refractivity contribution is 6.45. The first-order chi connectivity index (χ1) is 10.5. The van der Waals surface area contributed by atoms with Crippen molar-refractivity contribution in [3.05, 3.63) is 53.1 Å². The first-order valence-electron chi connectivity index (χ1n) is 6.18. The van der Waals surface area contributed by atoms with E-state index in [1.165, 1.54) is 19.2 Å². The molecule has 0 fully saturated rings. The van der Waals surface area contributed by atoms with Crippen LogP contribution < -0.4 is 15.4 Å². The minimum atomic E-state index is -0.698. The average Bonchev–Trinajstić information content (AvgIpc) is 2.53. The summed E-state index contributed by atoms with van der Waals surface area (Å²) in [6, 6.07) is 11.0. The van der Waals surface area contributed by atoms with E-state index in [1.807, 2.05) is 0 Å². The van der Waals surface area contributed by atoms with Crippen molar-refractivity contribution < 1.29 is 19.7 Å². The summed E-state index contributed by atoms with van der Waals surface area (Å²) in [4.78, 5) is 20.0. The third-order valence-electron chi connectivity index (χ3n) is 2.80. The van der Waals surface area contributed by atoms with E-state index in [0.717, 1.165) is 0 Å². The van der Waals surface area contributed by atoms with Crippen molar-refractivity contribution in [2.75, 3.05) is 7.11 Å². The summed E-state index contributed by atoms with van der Waals surface area (Å²) in [5, 5.41) is 9.29. The molecule has 0 atom stereocenters. The zero-order chi connectivity index (χ0) is 16.1. The molecule has 7 heteroatoms. The van der Waals surface area contributed by atoms with Crippen LogP contribution in [0.25, 0.3) is 0 Å². The number of primary amides is 1. The predicted molar refractivity (Wildman–Crippen MR) is 83.1 cm³/mol. The molecular formula is C15H13ClN2O4. The van der Waals surface area contributed by atoms with Gasteiger partial charge in [-0.15, -0.1) is 0 Å². The summed E-state index contributed by atoms with van der Waals surface area (Å²) < 4.78 is 5.07. The molecular weight excluding hydrogens is 308 g/mol. The maximum atomic E-state index is 11.6. The molecule has 0 heterocycles. The van der Waals surface area contributed by atoms with Crippen LogP contribution in [0.4, 0.5) is 5.69 Å². The number of benzene rings is 2. The lowest BCUT2D eigenvalue weighted by molar-refractivity contribution is -0.137. The minimum absolute atomic E-state index is 0.0498. The molecule has 3 N–H and O–H groups in total. The van der Waals surface area contributed by atoms with Crippen LogP contribution in [-0.2, 0) is 4.79 Å². The van der Waals surface area contributed by atoms with E-state index in [0.29, 0.717) is 22.0 Å². The SMILES string of the molecule is COc1cc(/N=C(/C(N)=O)c2ccc(Cl)cc2)cc(OO)c1. The van der Waals surface area contributed by atoms with Crippen molar-refractivity contribution in [3.63, 3.8) is 0 Å². The van der Waals surface area contributed by atoms with Crippen LogP contribution in [0.2, 0.25) is 5.02 Å². The normalized spacial score (nSPS) is 11.1. The Hall–Kier alpha value is -2.57. The fourth-order valence-corrected chi connectivity index (χ4v) is 1.92. The molecule has 0 aliphatic heterocycles. The number of carbonyl (C=O) groups is 1. The standard InChI is InChI=1S/C15H13ClN2O4/c1-21-12-6-11(7-13(8-12)22-20)18-14(15(17)19)9-2-4-10(16)5-3-9/h2-8,20H,1H3,(H2,17,19)/b18-14+. The Morgan fingerprint density at radius 1 is 1.18 bits per heavy atom. The van der Waals surface area contributed by atoms with Crippen LogP contribution in [0.3, 0.4) is 0 Å². The van der Waals surface area contributed by atoms with E-state index in [1.54, 1.807) is 30.3 Å². The van der Waals surface area contributed by atoms with Crippen molar-refractivity contribution in [3.8, 4) is 11.5 Å². The topological polar surface area (TPSA) is 94.1 Å². The van der Waals surface area contributed by atoms with Crippen molar-refractivity contribution in [1.29, 1.82) is 0 Å². The van der Waals surface area contributed by atoms with E-state index in [2.05, 4.69) is 9.88 Å². The Labute approximate surface area is 131 Å². The van der Waals surface area contributed by atoms with E-state index in [-0.39, 0.29) is 11.5 Å². The maximum Gasteiger partial charge on any atom is 0.267 e. The van der Waals surface area contributed by atoms with Gasteiger partial charge in [0.2, 0.25) is 0 Å². The summed E-state index contributed by atoms with van der Waals surface area (Å²) in [7, 11) is 1.46. The molecule has 6 nitrogen and oxygen atoms in total. The Morgan fingerprint density at radius 2 is 1.82 bits per heavy atom. The van der Waals surface area contributed by atoms with Gasteiger partial charge in [-0.05, 0) is 12.1 Å². The molecule has 0 aromatic heterocycles. The fourth-order valence-electron chi connectivity index (χ4n) is 1.79. The molecule has 2 aromatic rings. The molecule has 2 rings (SSSR count). The number of rotatable bonds is 5. The minimum Gasteiger partial charge on any atom is -0.497 e. The van der Waals surface area contributed by atoms with Crippen molar-refractivity contribution in [2.45, 2.75) is 0 Å². The smallest absolute Gasteiger partial charge is 0.267 e. The van der Waals surface area contributed by atoms with Gasteiger partial charge in [-0.3, -0.25) is 4.79 Å².